The summed E-state index contributed by atoms with van der Waals surface area (Å²) in [6.45, 7) is 3.04. The normalized spacial score (nSPS) is 21.1. The Bertz CT molecular complexity index is 344. The largest absolute Gasteiger partial charge is 0.378 e. The molecule has 1 aromatic rings. The Morgan fingerprint density at radius 2 is 2.17 bits per heavy atom. The third-order valence-corrected chi connectivity index (χ3v) is 3.70. The van der Waals surface area contributed by atoms with Crippen LogP contribution in [0.25, 0.3) is 0 Å². The number of rotatable bonds is 6. The Hall–Kier alpha value is -0.900. The second kappa shape index (κ2) is 6.88. The van der Waals surface area contributed by atoms with E-state index in [9.17, 15) is 0 Å². The molecule has 0 aliphatic carbocycles. The lowest BCUT2D eigenvalue weighted by Gasteiger charge is -2.18. The molecule has 0 bridgehead atoms. The van der Waals surface area contributed by atoms with Gasteiger partial charge in [-0.25, -0.2) is 0 Å². The van der Waals surface area contributed by atoms with Crippen LogP contribution < -0.4 is 11.3 Å². The van der Waals surface area contributed by atoms with E-state index in [0.29, 0.717) is 12.1 Å². The van der Waals surface area contributed by atoms with Gasteiger partial charge in [-0.1, -0.05) is 29.8 Å². The number of benzene rings is 1. The monoisotopic (exact) mass is 248 g/mol. The molecule has 3 heteroatoms. The first-order valence-electron chi connectivity index (χ1n) is 6.91. The van der Waals surface area contributed by atoms with Gasteiger partial charge in [-0.2, -0.15) is 0 Å². The Morgan fingerprint density at radius 3 is 2.78 bits per heavy atom. The summed E-state index contributed by atoms with van der Waals surface area (Å²) >= 11 is 0. The second-order valence-electron chi connectivity index (χ2n) is 5.27. The molecular weight excluding hydrogens is 224 g/mol. The maximum Gasteiger partial charge on any atom is 0.0576 e. The van der Waals surface area contributed by atoms with Crippen molar-refractivity contribution >= 4 is 0 Å². The van der Waals surface area contributed by atoms with Crippen molar-refractivity contribution in [2.75, 3.05) is 6.61 Å². The Kier molecular flexibility index (Phi) is 5.17. The number of hydrogen-bond donors (Lipinski definition) is 2. The zero-order valence-electron chi connectivity index (χ0n) is 11.2. The summed E-state index contributed by atoms with van der Waals surface area (Å²) in [5.74, 6) is 5.64. The quantitative estimate of drug-likeness (QED) is 0.600. The topological polar surface area (TPSA) is 47.3 Å². The molecule has 1 aliphatic rings. The molecule has 0 amide bonds. The standard InChI is InChI=1S/C15H24N2O/c1-12-4-6-13(7-5-12)11-14(17-16)8-9-15-3-2-10-18-15/h4-7,14-15,17H,2-3,8-11,16H2,1H3. The molecule has 0 radical (unpaired) electrons. The Labute approximate surface area is 110 Å². The fraction of sp³-hybridized carbons (Fsp3) is 0.600. The summed E-state index contributed by atoms with van der Waals surface area (Å²) in [4.78, 5) is 0. The van der Waals surface area contributed by atoms with Crippen molar-refractivity contribution in [3.63, 3.8) is 0 Å². The van der Waals surface area contributed by atoms with Gasteiger partial charge in [0.25, 0.3) is 0 Å². The maximum absolute atomic E-state index is 5.65. The van der Waals surface area contributed by atoms with Crippen molar-refractivity contribution in [3.05, 3.63) is 35.4 Å². The van der Waals surface area contributed by atoms with E-state index in [0.717, 1.165) is 25.9 Å². The van der Waals surface area contributed by atoms with Crippen LogP contribution in [-0.4, -0.2) is 18.8 Å². The molecule has 100 valence electrons. The third-order valence-electron chi connectivity index (χ3n) is 3.70. The lowest BCUT2D eigenvalue weighted by atomic mass is 9.99. The molecule has 2 rings (SSSR count). The van der Waals surface area contributed by atoms with Gasteiger partial charge in [0.15, 0.2) is 0 Å². The van der Waals surface area contributed by atoms with Gasteiger partial charge in [-0.15, -0.1) is 0 Å². The molecule has 0 aromatic heterocycles. The lowest BCUT2D eigenvalue weighted by molar-refractivity contribution is 0.0996. The molecule has 3 nitrogen and oxygen atoms in total. The predicted octanol–water partition coefficient (Wildman–Crippen LogP) is 2.33. The molecule has 2 unspecified atom stereocenters. The SMILES string of the molecule is Cc1ccc(CC(CCC2CCCO2)NN)cc1. The minimum Gasteiger partial charge on any atom is -0.378 e. The van der Waals surface area contributed by atoms with Crippen molar-refractivity contribution in [1.82, 2.24) is 5.43 Å². The van der Waals surface area contributed by atoms with Crippen LogP contribution in [-0.2, 0) is 11.2 Å². The number of nitrogens with one attached hydrogen (secondary N) is 1. The zero-order chi connectivity index (χ0) is 12.8. The second-order valence-corrected chi connectivity index (χ2v) is 5.27. The van der Waals surface area contributed by atoms with Crippen molar-refractivity contribution in [2.24, 2.45) is 5.84 Å². The van der Waals surface area contributed by atoms with Crippen LogP contribution in [0.3, 0.4) is 0 Å². The third kappa shape index (κ3) is 4.09. The molecule has 2 atom stereocenters. The molecule has 1 saturated heterocycles. The average molecular weight is 248 g/mol. The van der Waals surface area contributed by atoms with Gasteiger partial charge in [-0.05, 0) is 44.6 Å². The van der Waals surface area contributed by atoms with Crippen LogP contribution in [0.2, 0.25) is 0 Å². The van der Waals surface area contributed by atoms with E-state index in [1.807, 2.05) is 0 Å². The first-order chi connectivity index (χ1) is 8.78. The summed E-state index contributed by atoms with van der Waals surface area (Å²) < 4.78 is 5.65. The molecule has 1 aliphatic heterocycles. The van der Waals surface area contributed by atoms with Crippen LogP contribution in [0.4, 0.5) is 0 Å². The summed E-state index contributed by atoms with van der Waals surface area (Å²) in [7, 11) is 0. The molecule has 0 spiro atoms. The molecule has 1 aromatic carbocycles. The minimum absolute atomic E-state index is 0.344. The number of hydrazine groups is 1. The smallest absolute Gasteiger partial charge is 0.0576 e. The van der Waals surface area contributed by atoms with Gasteiger partial charge in [0.05, 0.1) is 6.10 Å². The lowest BCUT2D eigenvalue weighted by Crippen LogP contribution is -2.37. The highest BCUT2D eigenvalue weighted by atomic mass is 16.5. The predicted molar refractivity (Wildman–Crippen MR) is 74.2 cm³/mol. The fourth-order valence-electron chi connectivity index (χ4n) is 2.51. The van der Waals surface area contributed by atoms with E-state index < -0.39 is 0 Å². The summed E-state index contributed by atoms with van der Waals surface area (Å²) in [6.07, 6.45) is 6.06. The van der Waals surface area contributed by atoms with E-state index in [-0.39, 0.29) is 0 Å². The number of ether oxygens (including phenoxy) is 1. The minimum atomic E-state index is 0.344. The van der Waals surface area contributed by atoms with Crippen LogP contribution in [0.15, 0.2) is 24.3 Å². The average Bonchev–Trinajstić information content (AvgIpc) is 2.90. The van der Waals surface area contributed by atoms with Crippen LogP contribution in [0.5, 0.6) is 0 Å². The van der Waals surface area contributed by atoms with Gasteiger partial charge in [0.1, 0.15) is 0 Å². The highest BCUT2D eigenvalue weighted by molar-refractivity contribution is 5.22. The van der Waals surface area contributed by atoms with E-state index in [1.165, 1.54) is 24.0 Å². The van der Waals surface area contributed by atoms with Gasteiger partial charge in [0.2, 0.25) is 0 Å². The van der Waals surface area contributed by atoms with Gasteiger partial charge in [0, 0.05) is 12.6 Å². The maximum atomic E-state index is 5.65. The zero-order valence-corrected chi connectivity index (χ0v) is 11.2. The summed E-state index contributed by atoms with van der Waals surface area (Å²) in [6, 6.07) is 9.03. The van der Waals surface area contributed by atoms with Crippen molar-refractivity contribution < 1.29 is 4.74 Å². The fourth-order valence-corrected chi connectivity index (χ4v) is 2.51. The van der Waals surface area contributed by atoms with Gasteiger partial charge in [-0.3, -0.25) is 11.3 Å². The van der Waals surface area contributed by atoms with Gasteiger partial charge < -0.3 is 4.74 Å². The number of aryl methyl sites for hydroxylation is 1. The van der Waals surface area contributed by atoms with Crippen molar-refractivity contribution in [3.8, 4) is 0 Å². The van der Waals surface area contributed by atoms with Crippen molar-refractivity contribution in [1.29, 1.82) is 0 Å². The molecule has 0 saturated carbocycles. The molecule has 1 heterocycles. The van der Waals surface area contributed by atoms with Crippen LogP contribution in [0.1, 0.15) is 36.8 Å². The van der Waals surface area contributed by atoms with E-state index in [1.54, 1.807) is 0 Å². The highest BCUT2D eigenvalue weighted by Gasteiger charge is 2.17. The summed E-state index contributed by atoms with van der Waals surface area (Å²) in [5, 5.41) is 0. The van der Waals surface area contributed by atoms with E-state index in [4.69, 9.17) is 10.6 Å². The molecular formula is C15H24N2O. The van der Waals surface area contributed by atoms with Crippen molar-refractivity contribution in [2.45, 2.75) is 51.2 Å². The summed E-state index contributed by atoms with van der Waals surface area (Å²) in [5.41, 5.74) is 5.58. The Balaban J connectivity index is 1.79. The van der Waals surface area contributed by atoms with Crippen LogP contribution in [0, 0.1) is 6.92 Å². The first-order valence-corrected chi connectivity index (χ1v) is 6.91. The molecule has 18 heavy (non-hydrogen) atoms. The molecule has 1 fully saturated rings. The molecule has 3 N–H and O–H groups in total. The highest BCUT2D eigenvalue weighted by Crippen LogP contribution is 2.18. The number of nitrogens with two attached hydrogens (primary N) is 1. The van der Waals surface area contributed by atoms with E-state index in [2.05, 4.69) is 36.6 Å². The first kappa shape index (κ1) is 13.5. The van der Waals surface area contributed by atoms with E-state index >= 15 is 0 Å². The van der Waals surface area contributed by atoms with Gasteiger partial charge >= 0.3 is 0 Å². The Morgan fingerprint density at radius 1 is 1.39 bits per heavy atom. The number of hydrogen-bond acceptors (Lipinski definition) is 3. The van der Waals surface area contributed by atoms with Crippen LogP contribution >= 0.6 is 0 Å².